The van der Waals surface area contributed by atoms with Crippen molar-refractivity contribution in [1.29, 1.82) is 0 Å². The molecule has 1 aliphatic carbocycles. The van der Waals surface area contributed by atoms with Crippen LogP contribution in [0.5, 0.6) is 0 Å². The Morgan fingerprint density at radius 2 is 1.68 bits per heavy atom. The minimum atomic E-state index is -5.84. The number of nitrogens with zero attached hydrogens (tertiary/aromatic N) is 1. The molecule has 1 saturated heterocycles. The van der Waals surface area contributed by atoms with Gasteiger partial charge in [-0.05, 0) is 24.3 Å². The maximum Gasteiger partial charge on any atom is 0.522 e. The van der Waals surface area contributed by atoms with Gasteiger partial charge in [-0.25, -0.2) is 13.1 Å². The number of sulfonamides is 1. The highest BCUT2D eigenvalue weighted by atomic mass is 32.2. The monoisotopic (exact) mass is 447 g/mol. The third-order valence-electron chi connectivity index (χ3n) is 4.32. The highest BCUT2D eigenvalue weighted by molar-refractivity contribution is 7.89. The summed E-state index contributed by atoms with van der Waals surface area (Å²) in [6.45, 7) is 1.85. The Balaban J connectivity index is 0.000000300. The average Bonchev–Trinajstić information content (AvgIpc) is 2.47. The molecule has 0 unspecified atom stereocenters. The minimum absolute atomic E-state index is 0.123. The normalized spacial score (nSPS) is 19.1. The van der Waals surface area contributed by atoms with Gasteiger partial charge in [-0.1, -0.05) is 12.1 Å². The number of nitro benzene ring substituents is 1. The average molecular weight is 447 g/mol. The number of para-hydroxylation sites is 1. The highest BCUT2D eigenvalue weighted by Crippen LogP contribution is 2.44. The molecule has 0 atom stereocenters. The first-order chi connectivity index (χ1) is 12.7. The van der Waals surface area contributed by atoms with E-state index in [4.69, 9.17) is 13.0 Å². The van der Waals surface area contributed by atoms with E-state index in [1.165, 1.54) is 24.3 Å². The van der Waals surface area contributed by atoms with Crippen LogP contribution in [0.4, 0.5) is 18.9 Å². The number of nitrogens with one attached hydrogen (secondary N) is 2. The van der Waals surface area contributed by atoms with Crippen molar-refractivity contribution in [1.82, 2.24) is 10.0 Å². The van der Waals surface area contributed by atoms with Crippen LogP contribution >= 0.6 is 0 Å². The van der Waals surface area contributed by atoms with Gasteiger partial charge in [-0.2, -0.15) is 21.6 Å². The van der Waals surface area contributed by atoms with Crippen LogP contribution in [0.3, 0.4) is 0 Å². The van der Waals surface area contributed by atoms with Crippen molar-refractivity contribution in [2.45, 2.75) is 29.3 Å². The van der Waals surface area contributed by atoms with E-state index in [1.54, 1.807) is 0 Å². The molecule has 0 amide bonds. The number of benzene rings is 1. The van der Waals surface area contributed by atoms with Crippen molar-refractivity contribution in [3.05, 3.63) is 34.4 Å². The molecule has 0 bridgehead atoms. The minimum Gasteiger partial charge on any atom is -0.316 e. The van der Waals surface area contributed by atoms with E-state index in [0.29, 0.717) is 0 Å². The summed E-state index contributed by atoms with van der Waals surface area (Å²) in [7, 11) is -9.68. The van der Waals surface area contributed by atoms with Crippen molar-refractivity contribution < 1.29 is 39.5 Å². The van der Waals surface area contributed by atoms with Gasteiger partial charge < -0.3 is 5.32 Å². The third-order valence-corrected chi connectivity index (χ3v) is 6.48. The molecule has 1 spiro atoms. The standard InChI is InChI=1S/C12H15N3O4S.CHF3O3S/c16-15(17)10-3-1-2-4-11(10)20(18,19)14-9-5-12(6-9)7-13-8-12;2-1(3,4)8(5,6)7/h1-4,9,13-14H,5-8H2;(H,5,6,7). The molecular weight excluding hydrogens is 431 g/mol. The van der Waals surface area contributed by atoms with Gasteiger partial charge >= 0.3 is 15.6 Å². The Kier molecular flexibility index (Phi) is 6.06. The summed E-state index contributed by atoms with van der Waals surface area (Å²) >= 11 is 0. The molecule has 28 heavy (non-hydrogen) atoms. The zero-order chi connectivity index (χ0) is 21.4. The fourth-order valence-corrected chi connectivity index (χ4v) is 4.36. The van der Waals surface area contributed by atoms with Crippen molar-refractivity contribution in [3.63, 3.8) is 0 Å². The molecule has 1 heterocycles. The van der Waals surface area contributed by atoms with Crippen LogP contribution in [0, 0.1) is 15.5 Å². The van der Waals surface area contributed by atoms with Crippen LogP contribution in [-0.4, -0.2) is 51.0 Å². The molecule has 1 aromatic rings. The Bertz CT molecular complexity index is 952. The van der Waals surface area contributed by atoms with E-state index in [-0.39, 0.29) is 22.0 Å². The van der Waals surface area contributed by atoms with Crippen LogP contribution < -0.4 is 10.0 Å². The van der Waals surface area contributed by atoms with Gasteiger partial charge in [0.15, 0.2) is 4.90 Å². The third kappa shape index (κ3) is 4.96. The van der Waals surface area contributed by atoms with E-state index < -0.39 is 30.6 Å². The quantitative estimate of drug-likeness (QED) is 0.267. The lowest BCUT2D eigenvalue weighted by molar-refractivity contribution is -0.387. The van der Waals surface area contributed by atoms with Gasteiger partial charge in [0.2, 0.25) is 10.0 Å². The van der Waals surface area contributed by atoms with Crippen molar-refractivity contribution in [3.8, 4) is 0 Å². The number of rotatable bonds is 4. The molecule has 0 radical (unpaired) electrons. The molecule has 0 aromatic heterocycles. The van der Waals surface area contributed by atoms with Gasteiger partial charge in [0, 0.05) is 25.2 Å². The van der Waals surface area contributed by atoms with E-state index in [2.05, 4.69) is 10.0 Å². The van der Waals surface area contributed by atoms with Crippen molar-refractivity contribution >= 4 is 25.8 Å². The number of hydrogen-bond donors (Lipinski definition) is 3. The van der Waals surface area contributed by atoms with Crippen LogP contribution in [0.25, 0.3) is 0 Å². The second kappa shape index (κ2) is 7.55. The zero-order valence-electron chi connectivity index (χ0n) is 14.0. The predicted molar refractivity (Wildman–Crippen MR) is 89.3 cm³/mol. The number of nitro groups is 1. The smallest absolute Gasteiger partial charge is 0.316 e. The first-order valence-corrected chi connectivity index (χ1v) is 10.6. The molecule has 2 fully saturated rings. The summed E-state index contributed by atoms with van der Waals surface area (Å²) in [6, 6.07) is 5.28. The zero-order valence-corrected chi connectivity index (χ0v) is 15.6. The molecular formula is C13H16F3N3O7S2. The van der Waals surface area contributed by atoms with Crippen molar-refractivity contribution in [2.75, 3.05) is 13.1 Å². The fraction of sp³-hybridized carbons (Fsp3) is 0.538. The summed E-state index contributed by atoms with van der Waals surface area (Å²) in [4.78, 5) is 9.96. The van der Waals surface area contributed by atoms with Crippen LogP contribution in [0.2, 0.25) is 0 Å². The van der Waals surface area contributed by atoms with Gasteiger partial charge in [-0.3, -0.25) is 14.7 Å². The number of hydrogen-bond acceptors (Lipinski definition) is 7. The van der Waals surface area contributed by atoms with Gasteiger partial charge in [0.25, 0.3) is 5.69 Å². The first kappa shape index (κ1) is 22.5. The number of alkyl halides is 3. The Labute approximate surface area is 158 Å². The molecule has 2 aliphatic rings. The lowest BCUT2D eigenvalue weighted by Crippen LogP contribution is -2.65. The van der Waals surface area contributed by atoms with Crippen LogP contribution in [-0.2, 0) is 20.1 Å². The summed E-state index contributed by atoms with van der Waals surface area (Å²) in [5.41, 5.74) is -5.68. The Hall–Kier alpha value is -1.81. The second-order valence-electron chi connectivity index (χ2n) is 6.48. The molecule has 158 valence electrons. The lowest BCUT2D eigenvalue weighted by atomic mass is 9.62. The fourth-order valence-electron chi connectivity index (χ4n) is 2.95. The molecule has 15 heteroatoms. The first-order valence-electron chi connectivity index (χ1n) is 7.67. The Morgan fingerprint density at radius 3 is 2.07 bits per heavy atom. The van der Waals surface area contributed by atoms with Gasteiger partial charge in [0.1, 0.15) is 0 Å². The highest BCUT2D eigenvalue weighted by Gasteiger charge is 2.49. The maximum absolute atomic E-state index is 12.2. The largest absolute Gasteiger partial charge is 0.522 e. The molecule has 3 N–H and O–H groups in total. The van der Waals surface area contributed by atoms with Crippen molar-refractivity contribution in [2.24, 2.45) is 5.41 Å². The lowest BCUT2D eigenvalue weighted by Gasteiger charge is -2.54. The van der Waals surface area contributed by atoms with E-state index in [0.717, 1.165) is 25.9 Å². The van der Waals surface area contributed by atoms with E-state index in [1.807, 2.05) is 0 Å². The van der Waals surface area contributed by atoms with Gasteiger partial charge in [0.05, 0.1) is 4.92 Å². The predicted octanol–water partition coefficient (Wildman–Crippen LogP) is 1.02. The van der Waals surface area contributed by atoms with Gasteiger partial charge in [-0.15, -0.1) is 0 Å². The SMILES string of the molecule is O=S(=O)(O)C(F)(F)F.O=[N+]([O-])c1ccccc1S(=O)(=O)NC1CC2(CNC2)C1. The van der Waals surface area contributed by atoms with E-state index in [9.17, 15) is 31.7 Å². The topological polar surface area (TPSA) is 156 Å². The molecule has 10 nitrogen and oxygen atoms in total. The second-order valence-corrected chi connectivity index (χ2v) is 9.57. The molecule has 1 aromatic carbocycles. The summed E-state index contributed by atoms with van der Waals surface area (Å²) < 4.78 is 84.6. The van der Waals surface area contributed by atoms with Crippen LogP contribution in [0.15, 0.2) is 29.2 Å². The maximum atomic E-state index is 12.2. The molecule has 3 rings (SSSR count). The molecule has 1 saturated carbocycles. The summed E-state index contributed by atoms with van der Waals surface area (Å²) in [5.74, 6) is 0. The molecule has 1 aliphatic heterocycles. The Morgan fingerprint density at radius 1 is 1.18 bits per heavy atom. The van der Waals surface area contributed by atoms with E-state index >= 15 is 0 Å². The number of halogens is 3. The summed E-state index contributed by atoms with van der Waals surface area (Å²) in [6.07, 6.45) is 1.58. The van der Waals surface area contributed by atoms with Crippen LogP contribution in [0.1, 0.15) is 12.8 Å². The summed E-state index contributed by atoms with van der Waals surface area (Å²) in [5, 5.41) is 14.1.